The first-order valence-corrected chi connectivity index (χ1v) is 6.24. The molecule has 1 spiro atoms. The van der Waals surface area contributed by atoms with Gasteiger partial charge in [0.05, 0.1) is 0 Å². The molecule has 0 unspecified atom stereocenters. The zero-order chi connectivity index (χ0) is 10.9. The van der Waals surface area contributed by atoms with Gasteiger partial charge in [-0.3, -0.25) is 0 Å². The van der Waals surface area contributed by atoms with E-state index in [1.54, 1.807) is 0 Å². The number of rotatable bonds is 5. The zero-order valence-electron chi connectivity index (χ0n) is 10.4. The summed E-state index contributed by atoms with van der Waals surface area (Å²) in [5, 5.41) is 3.47. The van der Waals surface area contributed by atoms with Crippen molar-refractivity contribution in [2.45, 2.75) is 26.3 Å². The van der Waals surface area contributed by atoms with Crippen molar-refractivity contribution in [3.63, 3.8) is 0 Å². The Morgan fingerprint density at radius 3 is 2.40 bits per heavy atom. The van der Waals surface area contributed by atoms with Gasteiger partial charge in [0, 0.05) is 37.6 Å². The predicted octanol–water partition coefficient (Wildman–Crippen LogP) is 0.622. The van der Waals surface area contributed by atoms with Crippen LogP contribution >= 0.6 is 0 Å². The van der Waals surface area contributed by atoms with E-state index in [-0.39, 0.29) is 0 Å². The molecule has 0 radical (unpaired) electrons. The smallest absolute Gasteiger partial charge is 0.0212 e. The van der Waals surface area contributed by atoms with E-state index in [9.17, 15) is 0 Å². The van der Waals surface area contributed by atoms with E-state index < -0.39 is 0 Å². The maximum absolute atomic E-state index is 3.47. The normalized spacial score (nSPS) is 25.6. The molecule has 2 aliphatic heterocycles. The molecule has 15 heavy (non-hydrogen) atoms. The monoisotopic (exact) mass is 211 g/mol. The number of hydrogen-bond acceptors (Lipinski definition) is 3. The fourth-order valence-electron chi connectivity index (χ4n) is 3.05. The van der Waals surface area contributed by atoms with Crippen LogP contribution in [0.1, 0.15) is 20.3 Å². The van der Waals surface area contributed by atoms with Crippen LogP contribution in [0.2, 0.25) is 0 Å². The van der Waals surface area contributed by atoms with Crippen molar-refractivity contribution in [1.82, 2.24) is 15.1 Å². The number of hydrogen-bond donors (Lipinski definition) is 1. The van der Waals surface area contributed by atoms with Crippen LogP contribution in [0.5, 0.6) is 0 Å². The van der Waals surface area contributed by atoms with Crippen LogP contribution < -0.4 is 5.32 Å². The second-order valence-corrected chi connectivity index (χ2v) is 5.85. The Morgan fingerprint density at radius 2 is 1.87 bits per heavy atom. The Hall–Kier alpha value is -0.120. The fraction of sp³-hybridized carbons (Fsp3) is 1.00. The summed E-state index contributed by atoms with van der Waals surface area (Å²) in [7, 11) is 2.22. The molecule has 2 fully saturated rings. The van der Waals surface area contributed by atoms with E-state index in [0.29, 0.717) is 11.5 Å². The minimum atomic E-state index is 0.632. The molecule has 1 N–H and O–H groups in total. The van der Waals surface area contributed by atoms with Gasteiger partial charge >= 0.3 is 0 Å². The highest BCUT2D eigenvalue weighted by atomic mass is 15.3. The molecule has 88 valence electrons. The number of likely N-dealkylation sites (tertiary alicyclic amines) is 2. The largest absolute Gasteiger partial charge is 0.314 e. The minimum absolute atomic E-state index is 0.632. The SMILES string of the molecule is CC(C)NCCCN1CC2(CN(C)C2)C1. The summed E-state index contributed by atoms with van der Waals surface area (Å²) in [5.74, 6) is 0. The first-order chi connectivity index (χ1) is 7.10. The second-order valence-electron chi connectivity index (χ2n) is 5.85. The fourth-order valence-corrected chi connectivity index (χ4v) is 3.05. The lowest BCUT2D eigenvalue weighted by Gasteiger charge is -2.59. The van der Waals surface area contributed by atoms with Crippen molar-refractivity contribution >= 4 is 0 Å². The van der Waals surface area contributed by atoms with Crippen LogP contribution in [0.15, 0.2) is 0 Å². The molecule has 3 nitrogen and oxygen atoms in total. The standard InChI is InChI=1S/C12H25N3/c1-11(2)13-5-4-6-15-9-12(10-15)7-14(3)8-12/h11,13H,4-10H2,1-3H3. The van der Waals surface area contributed by atoms with Gasteiger partial charge < -0.3 is 15.1 Å². The Labute approximate surface area is 93.8 Å². The van der Waals surface area contributed by atoms with Gasteiger partial charge in [-0.15, -0.1) is 0 Å². The molecule has 2 rings (SSSR count). The lowest BCUT2D eigenvalue weighted by Crippen LogP contribution is -2.71. The Balaban J connectivity index is 1.49. The van der Waals surface area contributed by atoms with Gasteiger partial charge in [-0.05, 0) is 26.6 Å². The Morgan fingerprint density at radius 1 is 1.20 bits per heavy atom. The molecule has 0 aromatic rings. The molecule has 0 bridgehead atoms. The summed E-state index contributed by atoms with van der Waals surface area (Å²) in [6.45, 7) is 12.2. The molecule has 0 saturated carbocycles. The van der Waals surface area contributed by atoms with Crippen molar-refractivity contribution < 1.29 is 0 Å². The summed E-state index contributed by atoms with van der Waals surface area (Å²) >= 11 is 0. The van der Waals surface area contributed by atoms with Crippen molar-refractivity contribution in [1.29, 1.82) is 0 Å². The molecular formula is C12H25N3. The van der Waals surface area contributed by atoms with Gasteiger partial charge in [-0.25, -0.2) is 0 Å². The van der Waals surface area contributed by atoms with Crippen LogP contribution in [0.25, 0.3) is 0 Å². The summed E-state index contributed by atoms with van der Waals surface area (Å²) in [4.78, 5) is 5.03. The number of nitrogens with one attached hydrogen (secondary N) is 1. The van der Waals surface area contributed by atoms with Gasteiger partial charge in [0.2, 0.25) is 0 Å². The Kier molecular flexibility index (Phi) is 3.33. The van der Waals surface area contributed by atoms with Crippen LogP contribution in [-0.2, 0) is 0 Å². The molecule has 0 atom stereocenters. The van der Waals surface area contributed by atoms with Crippen molar-refractivity contribution in [2.75, 3.05) is 46.3 Å². The summed E-state index contributed by atoms with van der Waals surface area (Å²) in [5.41, 5.74) is 0.709. The van der Waals surface area contributed by atoms with Gasteiger partial charge in [-0.2, -0.15) is 0 Å². The molecule has 2 heterocycles. The summed E-state index contributed by atoms with van der Waals surface area (Å²) in [6, 6.07) is 0.632. The molecular weight excluding hydrogens is 186 g/mol. The highest BCUT2D eigenvalue weighted by Crippen LogP contribution is 2.38. The van der Waals surface area contributed by atoms with Crippen molar-refractivity contribution in [3.05, 3.63) is 0 Å². The highest BCUT2D eigenvalue weighted by molar-refractivity contribution is 5.04. The van der Waals surface area contributed by atoms with Gasteiger partial charge in [-0.1, -0.05) is 13.8 Å². The van der Waals surface area contributed by atoms with E-state index in [2.05, 4.69) is 36.0 Å². The average molecular weight is 211 g/mol. The molecule has 2 saturated heterocycles. The van der Waals surface area contributed by atoms with Gasteiger partial charge in [0.15, 0.2) is 0 Å². The quantitative estimate of drug-likeness (QED) is 0.673. The molecule has 0 amide bonds. The average Bonchev–Trinajstić information content (AvgIpc) is 2.04. The lowest BCUT2D eigenvalue weighted by atomic mass is 9.73. The molecule has 2 aliphatic rings. The Bertz CT molecular complexity index is 201. The van der Waals surface area contributed by atoms with Gasteiger partial charge in [0.1, 0.15) is 0 Å². The van der Waals surface area contributed by atoms with Crippen LogP contribution in [0.4, 0.5) is 0 Å². The summed E-state index contributed by atoms with van der Waals surface area (Å²) < 4.78 is 0. The predicted molar refractivity (Wildman–Crippen MR) is 64.1 cm³/mol. The maximum atomic E-state index is 3.47. The summed E-state index contributed by atoms with van der Waals surface area (Å²) in [6.07, 6.45) is 1.30. The zero-order valence-corrected chi connectivity index (χ0v) is 10.4. The molecule has 0 aromatic heterocycles. The second kappa shape index (κ2) is 4.40. The van der Waals surface area contributed by atoms with E-state index >= 15 is 0 Å². The topological polar surface area (TPSA) is 18.5 Å². The molecule has 0 aliphatic carbocycles. The van der Waals surface area contributed by atoms with Crippen molar-refractivity contribution in [3.8, 4) is 0 Å². The molecule has 0 aromatic carbocycles. The van der Waals surface area contributed by atoms with Gasteiger partial charge in [0.25, 0.3) is 0 Å². The van der Waals surface area contributed by atoms with Crippen LogP contribution in [0.3, 0.4) is 0 Å². The third kappa shape index (κ3) is 2.71. The first-order valence-electron chi connectivity index (χ1n) is 6.24. The third-order valence-electron chi connectivity index (χ3n) is 3.53. The minimum Gasteiger partial charge on any atom is -0.314 e. The molecule has 3 heteroatoms. The van der Waals surface area contributed by atoms with E-state index in [4.69, 9.17) is 0 Å². The van der Waals surface area contributed by atoms with E-state index in [0.717, 1.165) is 0 Å². The van der Waals surface area contributed by atoms with Crippen molar-refractivity contribution in [2.24, 2.45) is 5.41 Å². The maximum Gasteiger partial charge on any atom is 0.0212 e. The van der Waals surface area contributed by atoms with E-state index in [1.165, 1.54) is 45.7 Å². The first kappa shape index (κ1) is 11.4. The highest BCUT2D eigenvalue weighted by Gasteiger charge is 2.49. The lowest BCUT2D eigenvalue weighted by molar-refractivity contribution is -0.104. The number of nitrogens with zero attached hydrogens (tertiary/aromatic N) is 2. The van der Waals surface area contributed by atoms with Crippen LogP contribution in [0, 0.1) is 5.41 Å². The third-order valence-corrected chi connectivity index (χ3v) is 3.53. The van der Waals surface area contributed by atoms with E-state index in [1.807, 2.05) is 0 Å². The van der Waals surface area contributed by atoms with Crippen LogP contribution in [-0.4, -0.2) is 62.2 Å².